The van der Waals surface area contributed by atoms with E-state index >= 15 is 0 Å². The van der Waals surface area contributed by atoms with Crippen molar-refractivity contribution in [2.45, 2.75) is 0 Å². The summed E-state index contributed by atoms with van der Waals surface area (Å²) in [5.74, 6) is 1.09. The number of rotatable bonds is 4. The van der Waals surface area contributed by atoms with Crippen LogP contribution in [0.2, 0.25) is 15.1 Å². The SMILES string of the molecule is COc1cc(Cl)c(Oc2cc(O)cc(Cl)c2OC)c(Cl)c1. The number of benzene rings is 2. The van der Waals surface area contributed by atoms with E-state index in [9.17, 15) is 5.11 Å². The van der Waals surface area contributed by atoms with Gasteiger partial charge in [0.05, 0.1) is 29.3 Å². The molecule has 0 aliphatic heterocycles. The fourth-order valence-corrected chi connectivity index (χ4v) is 2.52. The number of halogens is 3. The van der Waals surface area contributed by atoms with Crippen molar-refractivity contribution in [3.8, 4) is 28.7 Å². The highest BCUT2D eigenvalue weighted by Crippen LogP contribution is 2.45. The van der Waals surface area contributed by atoms with Gasteiger partial charge in [0.15, 0.2) is 17.2 Å². The second kappa shape index (κ2) is 6.52. The summed E-state index contributed by atoms with van der Waals surface area (Å²) >= 11 is 18.2. The molecule has 0 atom stereocenters. The number of hydrogen-bond acceptors (Lipinski definition) is 4. The zero-order valence-electron chi connectivity index (χ0n) is 11.1. The molecule has 0 aliphatic rings. The van der Waals surface area contributed by atoms with Crippen LogP contribution in [0.4, 0.5) is 0 Å². The molecule has 0 saturated carbocycles. The summed E-state index contributed by atoms with van der Waals surface area (Å²) in [6.45, 7) is 0. The summed E-state index contributed by atoms with van der Waals surface area (Å²) in [4.78, 5) is 0. The molecular formula is C14H11Cl3O4. The van der Waals surface area contributed by atoms with E-state index in [1.807, 2.05) is 0 Å². The average molecular weight is 350 g/mol. The highest BCUT2D eigenvalue weighted by Gasteiger charge is 2.17. The summed E-state index contributed by atoms with van der Waals surface area (Å²) in [5.41, 5.74) is 0. The lowest BCUT2D eigenvalue weighted by Gasteiger charge is -2.14. The molecule has 0 fully saturated rings. The van der Waals surface area contributed by atoms with Gasteiger partial charge in [-0.15, -0.1) is 0 Å². The Labute approximate surface area is 136 Å². The van der Waals surface area contributed by atoms with Gasteiger partial charge in [0.1, 0.15) is 11.5 Å². The van der Waals surface area contributed by atoms with Crippen LogP contribution in [-0.4, -0.2) is 19.3 Å². The predicted molar refractivity (Wildman–Crippen MR) is 82.8 cm³/mol. The molecule has 0 radical (unpaired) electrons. The number of phenolic OH excluding ortho intramolecular Hbond substituents is 1. The van der Waals surface area contributed by atoms with Gasteiger partial charge < -0.3 is 19.3 Å². The van der Waals surface area contributed by atoms with Gasteiger partial charge in [0.25, 0.3) is 0 Å². The molecule has 0 unspecified atom stereocenters. The van der Waals surface area contributed by atoms with Crippen LogP contribution in [0.3, 0.4) is 0 Å². The van der Waals surface area contributed by atoms with E-state index in [-0.39, 0.29) is 38.1 Å². The summed E-state index contributed by atoms with van der Waals surface area (Å²) in [6.07, 6.45) is 0. The van der Waals surface area contributed by atoms with Crippen LogP contribution in [0.25, 0.3) is 0 Å². The molecule has 1 N–H and O–H groups in total. The van der Waals surface area contributed by atoms with Crippen molar-refractivity contribution in [3.05, 3.63) is 39.3 Å². The third-order valence-electron chi connectivity index (χ3n) is 2.62. The Kier molecular flexibility index (Phi) is 4.93. The smallest absolute Gasteiger partial charge is 0.180 e. The van der Waals surface area contributed by atoms with Gasteiger partial charge in [0, 0.05) is 24.3 Å². The van der Waals surface area contributed by atoms with E-state index in [1.165, 1.54) is 26.4 Å². The Hall–Kier alpha value is -1.49. The maximum Gasteiger partial charge on any atom is 0.180 e. The highest BCUT2D eigenvalue weighted by atomic mass is 35.5. The van der Waals surface area contributed by atoms with Gasteiger partial charge in [-0.2, -0.15) is 0 Å². The minimum atomic E-state index is -0.0726. The lowest BCUT2D eigenvalue weighted by molar-refractivity contribution is 0.374. The molecule has 4 nitrogen and oxygen atoms in total. The van der Waals surface area contributed by atoms with E-state index < -0.39 is 0 Å². The number of ether oxygens (including phenoxy) is 3. The summed E-state index contributed by atoms with van der Waals surface area (Å²) in [5, 5.41) is 10.3. The second-order valence-corrected chi connectivity index (χ2v) is 5.20. The maximum absolute atomic E-state index is 9.61. The number of hydrogen-bond donors (Lipinski definition) is 1. The van der Waals surface area contributed by atoms with Crippen LogP contribution >= 0.6 is 34.8 Å². The fourth-order valence-electron chi connectivity index (χ4n) is 1.69. The van der Waals surface area contributed by atoms with Crippen LogP contribution in [0.1, 0.15) is 0 Å². The van der Waals surface area contributed by atoms with E-state index in [0.29, 0.717) is 5.75 Å². The first-order valence-corrected chi connectivity index (χ1v) is 6.87. The number of phenols is 1. The van der Waals surface area contributed by atoms with Crippen molar-refractivity contribution < 1.29 is 19.3 Å². The minimum absolute atomic E-state index is 0.0726. The zero-order valence-corrected chi connectivity index (χ0v) is 13.4. The van der Waals surface area contributed by atoms with Crippen molar-refractivity contribution >= 4 is 34.8 Å². The van der Waals surface area contributed by atoms with Crippen LogP contribution < -0.4 is 14.2 Å². The van der Waals surface area contributed by atoms with Crippen LogP contribution in [0.5, 0.6) is 28.7 Å². The third kappa shape index (κ3) is 3.40. The molecule has 2 rings (SSSR count). The van der Waals surface area contributed by atoms with E-state index in [1.54, 1.807) is 12.1 Å². The summed E-state index contributed by atoms with van der Waals surface area (Å²) in [7, 11) is 2.93. The van der Waals surface area contributed by atoms with Gasteiger partial charge in [0.2, 0.25) is 0 Å². The number of methoxy groups -OCH3 is 2. The van der Waals surface area contributed by atoms with Crippen molar-refractivity contribution in [1.82, 2.24) is 0 Å². The lowest BCUT2D eigenvalue weighted by atomic mass is 10.3. The van der Waals surface area contributed by atoms with Gasteiger partial charge in [-0.3, -0.25) is 0 Å². The van der Waals surface area contributed by atoms with E-state index in [0.717, 1.165) is 0 Å². The van der Waals surface area contributed by atoms with Crippen LogP contribution in [0.15, 0.2) is 24.3 Å². The van der Waals surface area contributed by atoms with Crippen LogP contribution in [0, 0.1) is 0 Å². The Morgan fingerprint density at radius 2 is 1.38 bits per heavy atom. The molecule has 0 heterocycles. The zero-order chi connectivity index (χ0) is 15.6. The molecule has 0 aliphatic carbocycles. The first kappa shape index (κ1) is 15.9. The molecule has 2 aromatic rings. The quantitative estimate of drug-likeness (QED) is 0.828. The monoisotopic (exact) mass is 348 g/mol. The molecule has 7 heteroatoms. The second-order valence-electron chi connectivity index (χ2n) is 3.98. The Balaban J connectivity index is 2.48. The van der Waals surface area contributed by atoms with Crippen molar-refractivity contribution in [1.29, 1.82) is 0 Å². The van der Waals surface area contributed by atoms with Gasteiger partial charge >= 0.3 is 0 Å². The Morgan fingerprint density at radius 3 is 1.90 bits per heavy atom. The largest absolute Gasteiger partial charge is 0.508 e. The van der Waals surface area contributed by atoms with Gasteiger partial charge in [-0.1, -0.05) is 34.8 Å². The first-order chi connectivity index (χ1) is 9.96. The summed E-state index contributed by atoms with van der Waals surface area (Å²) < 4.78 is 15.8. The minimum Gasteiger partial charge on any atom is -0.508 e. The van der Waals surface area contributed by atoms with Crippen molar-refractivity contribution in [2.24, 2.45) is 0 Å². The Bertz CT molecular complexity index is 651. The molecular weight excluding hydrogens is 339 g/mol. The maximum atomic E-state index is 9.61. The number of aromatic hydroxyl groups is 1. The van der Waals surface area contributed by atoms with Crippen molar-refractivity contribution in [2.75, 3.05) is 14.2 Å². The van der Waals surface area contributed by atoms with Gasteiger partial charge in [-0.05, 0) is 0 Å². The molecule has 112 valence electrons. The average Bonchev–Trinajstić information content (AvgIpc) is 2.42. The standard InChI is InChI=1S/C14H11Cl3O4/c1-19-8-5-10(16)13(11(17)6-8)21-12-4-7(18)3-9(15)14(12)20-2/h3-6,18H,1-2H3. The molecule has 2 aromatic carbocycles. The molecule has 0 spiro atoms. The topological polar surface area (TPSA) is 47.9 Å². The Morgan fingerprint density at radius 1 is 0.810 bits per heavy atom. The first-order valence-electron chi connectivity index (χ1n) is 5.73. The van der Waals surface area contributed by atoms with Crippen LogP contribution in [-0.2, 0) is 0 Å². The molecule has 0 saturated heterocycles. The van der Waals surface area contributed by atoms with E-state index in [2.05, 4.69) is 0 Å². The molecule has 0 bridgehead atoms. The van der Waals surface area contributed by atoms with Gasteiger partial charge in [-0.25, -0.2) is 0 Å². The predicted octanol–water partition coefficient (Wildman–Crippen LogP) is 5.16. The fraction of sp³-hybridized carbons (Fsp3) is 0.143. The molecule has 0 aromatic heterocycles. The molecule has 0 amide bonds. The highest BCUT2D eigenvalue weighted by molar-refractivity contribution is 6.37. The molecule has 21 heavy (non-hydrogen) atoms. The normalized spacial score (nSPS) is 10.3. The summed E-state index contributed by atoms with van der Waals surface area (Å²) in [6, 6.07) is 5.80. The van der Waals surface area contributed by atoms with Crippen molar-refractivity contribution in [3.63, 3.8) is 0 Å². The third-order valence-corrected chi connectivity index (χ3v) is 3.46. The van der Waals surface area contributed by atoms with E-state index in [4.69, 9.17) is 49.0 Å². The lowest BCUT2D eigenvalue weighted by Crippen LogP contribution is -1.93.